The Labute approximate surface area is 138 Å². The fraction of sp³-hybridized carbons (Fsp3) is 0.750. The van der Waals surface area contributed by atoms with E-state index in [4.69, 9.17) is 4.74 Å². The third-order valence-electron chi connectivity index (χ3n) is 4.64. The topological polar surface area (TPSA) is 57.9 Å². The second-order valence-corrected chi connectivity index (χ2v) is 6.13. The maximum atomic E-state index is 5.45. The Morgan fingerprint density at radius 3 is 2.96 bits per heavy atom. The van der Waals surface area contributed by atoms with Crippen LogP contribution in [0, 0.1) is 0 Å². The van der Waals surface area contributed by atoms with Crippen molar-refractivity contribution in [1.29, 1.82) is 0 Å². The normalized spacial score (nSPS) is 23.4. The number of guanidine groups is 1. The van der Waals surface area contributed by atoms with Crippen molar-refractivity contribution in [2.45, 2.75) is 25.4 Å². The highest BCUT2D eigenvalue weighted by atomic mass is 16.5. The van der Waals surface area contributed by atoms with Crippen molar-refractivity contribution >= 4 is 5.96 Å². The maximum Gasteiger partial charge on any atom is 0.193 e. The number of hydrogen-bond acceptors (Lipinski definition) is 4. The zero-order valence-electron chi connectivity index (χ0n) is 14.0. The third-order valence-corrected chi connectivity index (χ3v) is 4.64. The van der Waals surface area contributed by atoms with Gasteiger partial charge in [0, 0.05) is 64.8 Å². The van der Waals surface area contributed by atoms with Gasteiger partial charge in [-0.2, -0.15) is 5.10 Å². The lowest BCUT2D eigenvalue weighted by molar-refractivity contribution is 0.0195. The molecule has 1 aromatic heterocycles. The summed E-state index contributed by atoms with van der Waals surface area (Å²) in [6.45, 7) is 7.88. The summed E-state index contributed by atoms with van der Waals surface area (Å²) in [6.07, 6.45) is 6.08. The summed E-state index contributed by atoms with van der Waals surface area (Å²) in [5.41, 5.74) is 0. The minimum absolute atomic E-state index is 0.640. The predicted molar refractivity (Wildman–Crippen MR) is 90.6 cm³/mol. The van der Waals surface area contributed by atoms with E-state index in [0.717, 1.165) is 64.9 Å². The van der Waals surface area contributed by atoms with Gasteiger partial charge in [0.05, 0.1) is 13.2 Å². The van der Waals surface area contributed by atoms with E-state index in [1.807, 2.05) is 30.2 Å². The van der Waals surface area contributed by atoms with Gasteiger partial charge < -0.3 is 15.0 Å². The van der Waals surface area contributed by atoms with Crippen molar-refractivity contribution in [2.75, 3.05) is 53.0 Å². The molecular formula is C16H28N6O. The summed E-state index contributed by atoms with van der Waals surface area (Å²) in [4.78, 5) is 9.40. The molecule has 23 heavy (non-hydrogen) atoms. The first-order chi connectivity index (χ1) is 11.4. The number of likely N-dealkylation sites (tertiary alicyclic amines) is 1. The van der Waals surface area contributed by atoms with Gasteiger partial charge in [-0.25, -0.2) is 0 Å². The van der Waals surface area contributed by atoms with Gasteiger partial charge in [-0.05, 0) is 18.9 Å². The quantitative estimate of drug-likeness (QED) is 0.479. The molecule has 0 amide bonds. The van der Waals surface area contributed by atoms with E-state index >= 15 is 0 Å². The highest BCUT2D eigenvalue weighted by molar-refractivity contribution is 5.80. The van der Waals surface area contributed by atoms with Crippen molar-refractivity contribution < 1.29 is 4.74 Å². The van der Waals surface area contributed by atoms with Crippen molar-refractivity contribution in [3.63, 3.8) is 0 Å². The summed E-state index contributed by atoms with van der Waals surface area (Å²) >= 11 is 0. The van der Waals surface area contributed by atoms with Crippen molar-refractivity contribution in [1.82, 2.24) is 24.9 Å². The van der Waals surface area contributed by atoms with Gasteiger partial charge in [-0.1, -0.05) is 0 Å². The Morgan fingerprint density at radius 2 is 2.22 bits per heavy atom. The van der Waals surface area contributed by atoms with Gasteiger partial charge in [0.1, 0.15) is 0 Å². The lowest BCUT2D eigenvalue weighted by Crippen LogP contribution is -2.46. The molecule has 0 aliphatic carbocycles. The number of hydrogen-bond donors (Lipinski definition) is 1. The molecule has 3 heterocycles. The molecule has 2 fully saturated rings. The van der Waals surface area contributed by atoms with E-state index < -0.39 is 0 Å². The summed E-state index contributed by atoms with van der Waals surface area (Å²) in [6, 6.07) is 2.60. The van der Waals surface area contributed by atoms with Gasteiger partial charge in [0.15, 0.2) is 5.96 Å². The first-order valence-electron chi connectivity index (χ1n) is 8.61. The van der Waals surface area contributed by atoms with Gasteiger partial charge in [0.2, 0.25) is 0 Å². The van der Waals surface area contributed by atoms with Crippen LogP contribution in [-0.2, 0) is 11.3 Å². The molecule has 2 aliphatic heterocycles. The lowest BCUT2D eigenvalue weighted by atomic mass is 10.2. The molecular weight excluding hydrogens is 292 g/mol. The molecule has 0 aromatic carbocycles. The van der Waals surface area contributed by atoms with E-state index in [9.17, 15) is 0 Å². The SMILES string of the molecule is CN=C(NCCCn1cccn1)N1CCC(N2CCOCC2)C1. The number of aliphatic imine (C=N–C) groups is 1. The number of morpholine rings is 1. The van der Waals surface area contributed by atoms with Crippen LogP contribution in [0.4, 0.5) is 0 Å². The molecule has 0 radical (unpaired) electrons. The van der Waals surface area contributed by atoms with E-state index in [1.165, 1.54) is 6.42 Å². The number of aromatic nitrogens is 2. The van der Waals surface area contributed by atoms with Crippen LogP contribution in [0.25, 0.3) is 0 Å². The third kappa shape index (κ3) is 4.45. The van der Waals surface area contributed by atoms with Crippen LogP contribution in [0.1, 0.15) is 12.8 Å². The van der Waals surface area contributed by atoms with Gasteiger partial charge in [-0.15, -0.1) is 0 Å². The van der Waals surface area contributed by atoms with Crippen LogP contribution in [0.2, 0.25) is 0 Å². The summed E-state index contributed by atoms with van der Waals surface area (Å²) in [7, 11) is 1.87. The van der Waals surface area contributed by atoms with Crippen LogP contribution in [0.5, 0.6) is 0 Å². The predicted octanol–water partition coefficient (Wildman–Crippen LogP) is 0.255. The molecule has 1 unspecified atom stereocenters. The monoisotopic (exact) mass is 320 g/mol. The molecule has 0 saturated carbocycles. The fourth-order valence-electron chi connectivity index (χ4n) is 3.38. The molecule has 1 aromatic rings. The van der Waals surface area contributed by atoms with Crippen molar-refractivity contribution in [3.8, 4) is 0 Å². The molecule has 7 heteroatoms. The smallest absolute Gasteiger partial charge is 0.193 e. The molecule has 0 spiro atoms. The summed E-state index contributed by atoms with van der Waals surface area (Å²) in [5, 5.41) is 7.71. The molecule has 1 atom stereocenters. The fourth-order valence-corrected chi connectivity index (χ4v) is 3.38. The number of ether oxygens (including phenoxy) is 1. The number of aryl methyl sites for hydroxylation is 1. The number of nitrogens with one attached hydrogen (secondary N) is 1. The van der Waals surface area contributed by atoms with Crippen LogP contribution < -0.4 is 5.32 Å². The van der Waals surface area contributed by atoms with Crippen LogP contribution in [0.15, 0.2) is 23.5 Å². The van der Waals surface area contributed by atoms with Crippen LogP contribution in [0.3, 0.4) is 0 Å². The zero-order valence-corrected chi connectivity index (χ0v) is 14.0. The Morgan fingerprint density at radius 1 is 1.35 bits per heavy atom. The van der Waals surface area contributed by atoms with Gasteiger partial charge >= 0.3 is 0 Å². The summed E-state index contributed by atoms with van der Waals surface area (Å²) < 4.78 is 7.42. The standard InChI is InChI=1S/C16H28N6O/c1-17-16(18-5-2-7-22-8-3-6-19-22)21-9-4-15(14-21)20-10-12-23-13-11-20/h3,6,8,15H,2,4-5,7,9-14H2,1H3,(H,17,18). The van der Waals surface area contributed by atoms with E-state index in [-0.39, 0.29) is 0 Å². The average molecular weight is 320 g/mol. The molecule has 1 N–H and O–H groups in total. The van der Waals surface area contributed by atoms with Gasteiger partial charge in [-0.3, -0.25) is 14.6 Å². The first kappa shape index (κ1) is 16.3. The van der Waals surface area contributed by atoms with E-state index in [0.29, 0.717) is 6.04 Å². The average Bonchev–Trinajstić information content (AvgIpc) is 3.27. The molecule has 7 nitrogen and oxygen atoms in total. The number of rotatable bonds is 5. The minimum Gasteiger partial charge on any atom is -0.379 e. The lowest BCUT2D eigenvalue weighted by Gasteiger charge is -2.32. The first-order valence-corrected chi connectivity index (χ1v) is 8.61. The van der Waals surface area contributed by atoms with Gasteiger partial charge in [0.25, 0.3) is 0 Å². The van der Waals surface area contributed by atoms with Crippen LogP contribution >= 0.6 is 0 Å². The molecule has 2 aliphatic rings. The Balaban J connectivity index is 1.40. The second-order valence-electron chi connectivity index (χ2n) is 6.13. The van der Waals surface area contributed by atoms with Crippen LogP contribution in [-0.4, -0.2) is 84.6 Å². The molecule has 0 bridgehead atoms. The highest BCUT2D eigenvalue weighted by Crippen LogP contribution is 2.16. The zero-order chi connectivity index (χ0) is 15.9. The summed E-state index contributed by atoms with van der Waals surface area (Å²) in [5.74, 6) is 1.03. The Bertz CT molecular complexity index is 483. The van der Waals surface area contributed by atoms with E-state index in [2.05, 4.69) is 25.2 Å². The molecule has 2 saturated heterocycles. The molecule has 3 rings (SSSR count). The maximum absolute atomic E-state index is 5.45. The Kier molecular flexibility index (Phi) is 5.87. The van der Waals surface area contributed by atoms with E-state index in [1.54, 1.807) is 0 Å². The highest BCUT2D eigenvalue weighted by Gasteiger charge is 2.30. The second kappa shape index (κ2) is 8.31. The van der Waals surface area contributed by atoms with Crippen molar-refractivity contribution in [3.05, 3.63) is 18.5 Å². The molecule has 128 valence electrons. The Hall–Kier alpha value is -1.60. The largest absolute Gasteiger partial charge is 0.379 e. The number of nitrogens with zero attached hydrogens (tertiary/aromatic N) is 5. The van der Waals surface area contributed by atoms with Crippen molar-refractivity contribution in [2.24, 2.45) is 4.99 Å². The minimum atomic E-state index is 0.640.